The Hall–Kier alpha value is -2.37. The van der Waals surface area contributed by atoms with Gasteiger partial charge in [0.1, 0.15) is 0 Å². The molecule has 0 aromatic heterocycles. The largest absolute Gasteiger partial charge is 0.478 e. The summed E-state index contributed by atoms with van der Waals surface area (Å²) in [5.41, 5.74) is 0.488. The molecule has 37 heavy (non-hydrogen) atoms. The molecule has 0 amide bonds. The van der Waals surface area contributed by atoms with Crippen molar-refractivity contribution in [2.24, 2.45) is 0 Å². The summed E-state index contributed by atoms with van der Waals surface area (Å²) in [6.07, 6.45) is 24.0. The van der Waals surface area contributed by atoms with Crippen LogP contribution in [-0.2, 0) is 23.9 Å². The summed E-state index contributed by atoms with van der Waals surface area (Å²) in [7, 11) is 0. The van der Waals surface area contributed by atoms with Gasteiger partial charge in [0.05, 0.1) is 13.2 Å². The highest BCUT2D eigenvalue weighted by molar-refractivity contribution is 5.86. The molecule has 216 valence electrons. The molecule has 0 bridgehead atoms. The molecular formula is C31H56O6. The van der Waals surface area contributed by atoms with Gasteiger partial charge in [-0.05, 0) is 26.7 Å². The van der Waals surface area contributed by atoms with Crippen LogP contribution in [0, 0.1) is 0 Å². The predicted molar refractivity (Wildman–Crippen MR) is 155 cm³/mol. The maximum atomic E-state index is 11.1. The van der Waals surface area contributed by atoms with E-state index in [1.807, 2.05) is 0 Å². The van der Waals surface area contributed by atoms with E-state index < -0.39 is 5.97 Å². The maximum absolute atomic E-state index is 11.1. The molecule has 0 aliphatic heterocycles. The minimum absolute atomic E-state index is 0.258. The number of carbonyl (C=O) groups excluding carboxylic acids is 2. The molecule has 1 N–H and O–H groups in total. The molecule has 0 aromatic carbocycles. The molecule has 0 aliphatic carbocycles. The highest BCUT2D eigenvalue weighted by Gasteiger charge is 2.01. The molecule has 0 atom stereocenters. The van der Waals surface area contributed by atoms with Gasteiger partial charge in [0.15, 0.2) is 0 Å². The van der Waals surface area contributed by atoms with Gasteiger partial charge in [-0.3, -0.25) is 0 Å². The van der Waals surface area contributed by atoms with Gasteiger partial charge in [0.25, 0.3) is 0 Å². The zero-order valence-electron chi connectivity index (χ0n) is 24.4. The van der Waals surface area contributed by atoms with Gasteiger partial charge in [-0.1, -0.05) is 123 Å². The number of rotatable bonds is 21. The number of carbonyl (C=O) groups is 3. The Bertz CT molecular complexity index is 595. The minimum atomic E-state index is -0.891. The third kappa shape index (κ3) is 41.0. The van der Waals surface area contributed by atoms with Crippen LogP contribution in [0.4, 0.5) is 0 Å². The lowest BCUT2D eigenvalue weighted by molar-refractivity contribution is -0.139. The lowest BCUT2D eigenvalue weighted by atomic mass is 10.1. The number of hydrogen-bond acceptors (Lipinski definition) is 5. The summed E-state index contributed by atoms with van der Waals surface area (Å²) in [4.78, 5) is 31.2. The zero-order valence-corrected chi connectivity index (χ0v) is 24.4. The Labute approximate surface area is 227 Å². The van der Waals surface area contributed by atoms with Crippen LogP contribution in [0.3, 0.4) is 0 Å². The van der Waals surface area contributed by atoms with Crippen LogP contribution in [0.5, 0.6) is 0 Å². The Morgan fingerprint density at radius 2 is 1.08 bits per heavy atom. The molecule has 6 nitrogen and oxygen atoms in total. The smallest absolute Gasteiger partial charge is 0.333 e. The summed E-state index contributed by atoms with van der Waals surface area (Å²) >= 11 is 0. The molecular weight excluding hydrogens is 468 g/mol. The fourth-order valence-electron chi connectivity index (χ4n) is 3.13. The highest BCUT2D eigenvalue weighted by Crippen LogP contribution is 2.10. The Morgan fingerprint density at radius 1 is 0.703 bits per heavy atom. The van der Waals surface area contributed by atoms with Gasteiger partial charge in [-0.15, -0.1) is 0 Å². The first-order chi connectivity index (χ1) is 17.8. The summed E-state index contributed by atoms with van der Waals surface area (Å²) in [6, 6.07) is 0. The van der Waals surface area contributed by atoms with Gasteiger partial charge < -0.3 is 14.6 Å². The van der Waals surface area contributed by atoms with Gasteiger partial charge in [0, 0.05) is 17.7 Å². The minimum Gasteiger partial charge on any atom is -0.478 e. The van der Waals surface area contributed by atoms with E-state index >= 15 is 0 Å². The quantitative estimate of drug-likeness (QED) is 0.0917. The number of allylic oxidation sites excluding steroid dienone is 1. The van der Waals surface area contributed by atoms with E-state index in [9.17, 15) is 14.4 Å². The van der Waals surface area contributed by atoms with Crippen LogP contribution in [-0.4, -0.2) is 36.2 Å². The number of carboxylic acids is 1. The second-order valence-corrected chi connectivity index (χ2v) is 9.08. The molecule has 0 saturated heterocycles. The number of carboxylic acid groups (broad SMARTS) is 1. The van der Waals surface area contributed by atoms with Crippen LogP contribution in [0.25, 0.3) is 0 Å². The Kier molecular flexibility index (Phi) is 35.6. The second kappa shape index (κ2) is 33.6. The van der Waals surface area contributed by atoms with E-state index in [4.69, 9.17) is 14.6 Å². The van der Waals surface area contributed by atoms with Crippen molar-refractivity contribution in [1.29, 1.82) is 0 Å². The van der Waals surface area contributed by atoms with E-state index in [2.05, 4.69) is 27.0 Å². The van der Waals surface area contributed by atoms with Crippen molar-refractivity contribution < 1.29 is 29.0 Å². The molecule has 0 saturated carbocycles. The average molecular weight is 525 g/mol. The van der Waals surface area contributed by atoms with Crippen molar-refractivity contribution in [2.45, 2.75) is 130 Å². The van der Waals surface area contributed by atoms with Gasteiger partial charge in [-0.2, -0.15) is 0 Å². The van der Waals surface area contributed by atoms with Crippen molar-refractivity contribution in [3.63, 3.8) is 0 Å². The summed E-state index contributed by atoms with van der Waals surface area (Å²) < 4.78 is 9.88. The number of unbranched alkanes of at least 4 members (excludes halogenated alkanes) is 14. The fourth-order valence-corrected chi connectivity index (χ4v) is 3.13. The van der Waals surface area contributed by atoms with Crippen molar-refractivity contribution in [2.75, 3.05) is 13.2 Å². The standard InChI is InChI=1S/C16H30O2.C11H20O2.C4H6O2/c1-4-5-6-7-8-9-10-11-12-13-14-18-16(17)15(2)3;1-3-5-6-7-8-9-10-13-11(12)4-2;1-2-3-4(5)6/h2,4-14H2,1,3H3;4H,2-3,5-10H2,1H3;2-3H,1H3,(H,5,6). The van der Waals surface area contributed by atoms with Crippen LogP contribution in [0.15, 0.2) is 37.0 Å². The summed E-state index contributed by atoms with van der Waals surface area (Å²) in [5.74, 6) is -1.46. The second-order valence-electron chi connectivity index (χ2n) is 9.08. The number of aliphatic carboxylic acids is 1. The predicted octanol–water partition coefficient (Wildman–Crippen LogP) is 8.75. The van der Waals surface area contributed by atoms with Gasteiger partial charge in [0.2, 0.25) is 0 Å². The van der Waals surface area contributed by atoms with Crippen molar-refractivity contribution in [3.05, 3.63) is 37.0 Å². The van der Waals surface area contributed by atoms with E-state index in [1.165, 1.54) is 95.6 Å². The topological polar surface area (TPSA) is 89.9 Å². The lowest BCUT2D eigenvalue weighted by Crippen LogP contribution is -2.05. The molecule has 0 heterocycles. The molecule has 0 rings (SSSR count). The zero-order chi connectivity index (χ0) is 28.6. The molecule has 0 aromatic rings. The summed E-state index contributed by atoms with van der Waals surface area (Å²) in [5, 5.41) is 7.83. The number of hydrogen-bond donors (Lipinski definition) is 1. The first kappa shape index (κ1) is 39.1. The number of ether oxygens (including phenoxy) is 2. The van der Waals surface area contributed by atoms with Crippen molar-refractivity contribution in [1.82, 2.24) is 0 Å². The molecule has 0 spiro atoms. The third-order valence-corrected chi connectivity index (χ3v) is 5.30. The van der Waals surface area contributed by atoms with E-state index in [0.717, 1.165) is 25.3 Å². The molecule has 0 fully saturated rings. The van der Waals surface area contributed by atoms with Crippen molar-refractivity contribution in [3.8, 4) is 0 Å². The average Bonchev–Trinajstić information content (AvgIpc) is 2.87. The fraction of sp³-hybridized carbons (Fsp3) is 0.710. The van der Waals surface area contributed by atoms with Crippen molar-refractivity contribution >= 4 is 17.9 Å². The normalized spacial score (nSPS) is 9.95. The van der Waals surface area contributed by atoms with Crippen LogP contribution >= 0.6 is 0 Å². The molecule has 0 unspecified atom stereocenters. The summed E-state index contributed by atoms with van der Waals surface area (Å²) in [6.45, 7) is 15.8. The van der Waals surface area contributed by atoms with Gasteiger partial charge in [-0.25, -0.2) is 14.4 Å². The molecule has 0 aliphatic rings. The van der Waals surface area contributed by atoms with Crippen LogP contribution in [0.1, 0.15) is 130 Å². The van der Waals surface area contributed by atoms with E-state index in [1.54, 1.807) is 13.8 Å². The van der Waals surface area contributed by atoms with E-state index in [0.29, 0.717) is 18.8 Å². The van der Waals surface area contributed by atoms with Gasteiger partial charge >= 0.3 is 17.9 Å². The Morgan fingerprint density at radius 3 is 1.38 bits per heavy atom. The first-order valence-electron chi connectivity index (χ1n) is 14.2. The van der Waals surface area contributed by atoms with Crippen LogP contribution in [0.2, 0.25) is 0 Å². The van der Waals surface area contributed by atoms with Crippen LogP contribution < -0.4 is 0 Å². The molecule has 6 heteroatoms. The maximum Gasteiger partial charge on any atom is 0.333 e. The highest BCUT2D eigenvalue weighted by atomic mass is 16.5. The lowest BCUT2D eigenvalue weighted by Gasteiger charge is -2.04. The third-order valence-electron chi connectivity index (χ3n) is 5.30. The Balaban J connectivity index is -0.000000529. The first-order valence-corrected chi connectivity index (χ1v) is 14.2. The monoisotopic (exact) mass is 524 g/mol. The molecule has 0 radical (unpaired) electrons. The van der Waals surface area contributed by atoms with E-state index in [-0.39, 0.29) is 11.9 Å². The SMILES string of the molecule is C=C(C)C(=O)OCCCCCCCCCCCC.C=CC(=O)OCCCCCCCC.CC=CC(=O)O. The number of esters is 2.